The molecule has 1 saturated carbocycles. The zero-order valence-electron chi connectivity index (χ0n) is 18.8. The summed E-state index contributed by atoms with van der Waals surface area (Å²) in [5.41, 5.74) is 6.89. The fraction of sp³-hybridized carbons (Fsp3) is 0.250. The molecular weight excluding hydrogens is 458 g/mol. The molecule has 0 aliphatic heterocycles. The van der Waals surface area contributed by atoms with Crippen LogP contribution in [0.5, 0.6) is 5.75 Å². The quantitative estimate of drug-likeness (QED) is 0.373. The summed E-state index contributed by atoms with van der Waals surface area (Å²) in [6, 6.07) is 10.8. The van der Waals surface area contributed by atoms with Gasteiger partial charge in [-0.3, -0.25) is 9.59 Å². The van der Waals surface area contributed by atoms with Crippen molar-refractivity contribution in [3.63, 3.8) is 0 Å². The summed E-state index contributed by atoms with van der Waals surface area (Å²) in [5, 5.41) is 13.9. The number of halogens is 2. The fourth-order valence-corrected chi connectivity index (χ4v) is 4.10. The molecule has 0 atom stereocenters. The van der Waals surface area contributed by atoms with Crippen molar-refractivity contribution in [3.8, 4) is 17.0 Å². The van der Waals surface area contributed by atoms with E-state index < -0.39 is 29.5 Å². The van der Waals surface area contributed by atoms with Crippen molar-refractivity contribution < 1.29 is 18.3 Å². The molecule has 9 nitrogen and oxygen atoms in total. The van der Waals surface area contributed by atoms with E-state index in [4.69, 9.17) is 10.5 Å². The van der Waals surface area contributed by atoms with Crippen LogP contribution < -0.4 is 21.3 Å². The first kappa shape index (κ1) is 22.5. The number of ether oxygens (including phenoxy) is 1. The zero-order valence-corrected chi connectivity index (χ0v) is 18.8. The molecule has 35 heavy (non-hydrogen) atoms. The number of nitrogens with two attached hydrogens (primary N) is 1. The van der Waals surface area contributed by atoms with Crippen LogP contribution >= 0.6 is 0 Å². The van der Waals surface area contributed by atoms with E-state index >= 15 is 0 Å². The van der Waals surface area contributed by atoms with Crippen molar-refractivity contribution >= 4 is 22.6 Å². The number of anilines is 1. The summed E-state index contributed by atoms with van der Waals surface area (Å²) < 4.78 is 34.0. The number of carbonyl (C=O) groups excluding carboxylic acids is 1. The maximum absolute atomic E-state index is 13.8. The van der Waals surface area contributed by atoms with E-state index in [1.54, 1.807) is 24.3 Å². The molecule has 4 aromatic rings. The minimum absolute atomic E-state index is 0.0934. The third kappa shape index (κ3) is 3.88. The van der Waals surface area contributed by atoms with E-state index in [0.29, 0.717) is 29.5 Å². The van der Waals surface area contributed by atoms with E-state index in [0.717, 1.165) is 11.6 Å². The van der Waals surface area contributed by atoms with Gasteiger partial charge in [-0.1, -0.05) is 24.3 Å². The summed E-state index contributed by atoms with van der Waals surface area (Å²) in [6.45, 7) is -0.456. The van der Waals surface area contributed by atoms with Gasteiger partial charge >= 0.3 is 0 Å². The number of rotatable bonds is 7. The van der Waals surface area contributed by atoms with Crippen LogP contribution in [0.2, 0.25) is 0 Å². The normalized spacial score (nSPS) is 14.1. The molecule has 4 N–H and O–H groups in total. The predicted octanol–water partition coefficient (Wildman–Crippen LogP) is 2.91. The average molecular weight is 480 g/mol. The minimum atomic E-state index is -0.834. The number of benzene rings is 2. The van der Waals surface area contributed by atoms with Gasteiger partial charge in [-0.2, -0.15) is 10.2 Å². The lowest BCUT2D eigenvalue weighted by Gasteiger charge is -2.12. The second kappa shape index (κ2) is 8.49. The Morgan fingerprint density at radius 3 is 2.66 bits per heavy atom. The van der Waals surface area contributed by atoms with Crippen LogP contribution in [0, 0.1) is 5.82 Å². The van der Waals surface area contributed by atoms with E-state index in [9.17, 15) is 18.4 Å². The van der Waals surface area contributed by atoms with E-state index in [-0.39, 0.29) is 29.2 Å². The second-order valence-corrected chi connectivity index (χ2v) is 8.50. The minimum Gasteiger partial charge on any atom is -0.496 e. The lowest BCUT2D eigenvalue weighted by atomic mass is 10.1. The third-order valence-electron chi connectivity index (χ3n) is 6.25. The van der Waals surface area contributed by atoms with E-state index in [1.807, 2.05) is 0 Å². The summed E-state index contributed by atoms with van der Waals surface area (Å²) in [7, 11) is 1.41. The summed E-state index contributed by atoms with van der Waals surface area (Å²) >= 11 is 0. The van der Waals surface area contributed by atoms with Crippen LogP contribution in [0.3, 0.4) is 0 Å². The Bertz CT molecular complexity index is 1490. The van der Waals surface area contributed by atoms with E-state index in [1.165, 1.54) is 23.9 Å². The maximum atomic E-state index is 13.8. The molecule has 5 rings (SSSR count). The number of nitrogen functional groups attached to an aromatic ring is 1. The standard InChI is InChI=1S/C24H22F2N6O3/c1-35-17-7-6-15(26)10-16(17)22(33)28-11-13-2-4-14(5-3-13)19-18-20(23(34)30-29-21(18)27)32(31-19)24(12-25)8-9-24/h2-7,10H,8-9,11-12H2,1H3,(H2,27,29)(H,28,33)(H,30,34). The van der Waals surface area contributed by atoms with Gasteiger partial charge in [0.25, 0.3) is 11.5 Å². The number of aromatic amines is 1. The van der Waals surface area contributed by atoms with Gasteiger partial charge < -0.3 is 15.8 Å². The lowest BCUT2D eigenvalue weighted by molar-refractivity contribution is 0.0947. The van der Waals surface area contributed by atoms with Crippen molar-refractivity contribution in [1.29, 1.82) is 0 Å². The Morgan fingerprint density at radius 2 is 2.00 bits per heavy atom. The van der Waals surface area contributed by atoms with Gasteiger partial charge in [-0.05, 0) is 36.6 Å². The number of carbonyl (C=O) groups is 1. The van der Waals surface area contributed by atoms with Gasteiger partial charge in [0, 0.05) is 12.1 Å². The number of H-pyrrole nitrogens is 1. The first-order chi connectivity index (χ1) is 16.9. The highest BCUT2D eigenvalue weighted by molar-refractivity contribution is 6.00. The van der Waals surface area contributed by atoms with Gasteiger partial charge in [0.05, 0.1) is 23.6 Å². The second-order valence-electron chi connectivity index (χ2n) is 8.50. The number of hydrogen-bond acceptors (Lipinski definition) is 6. The molecule has 0 unspecified atom stereocenters. The number of methoxy groups -OCH3 is 1. The van der Waals surface area contributed by atoms with E-state index in [2.05, 4.69) is 20.6 Å². The highest BCUT2D eigenvalue weighted by Crippen LogP contribution is 2.46. The SMILES string of the molecule is COc1ccc(F)cc1C(=O)NCc1ccc(-c2nn(C3(CF)CC3)c3c(=O)[nH]nc(N)c23)cc1. The van der Waals surface area contributed by atoms with Crippen LogP contribution in [-0.4, -0.2) is 39.7 Å². The van der Waals surface area contributed by atoms with Crippen LogP contribution in [0.4, 0.5) is 14.6 Å². The Hall–Kier alpha value is -4.28. The largest absolute Gasteiger partial charge is 0.496 e. The number of aromatic nitrogens is 4. The first-order valence-corrected chi connectivity index (χ1v) is 10.9. The Morgan fingerprint density at radius 1 is 1.26 bits per heavy atom. The molecule has 1 amide bonds. The van der Waals surface area contributed by atoms with Crippen LogP contribution in [0.15, 0.2) is 47.3 Å². The van der Waals surface area contributed by atoms with Gasteiger partial charge in [-0.15, -0.1) is 0 Å². The molecule has 2 aromatic heterocycles. The Kier molecular flexibility index (Phi) is 5.46. The summed E-state index contributed by atoms with van der Waals surface area (Å²) in [5.74, 6) is -0.657. The highest BCUT2D eigenvalue weighted by Gasteiger charge is 2.47. The van der Waals surface area contributed by atoms with Gasteiger partial charge in [0.15, 0.2) is 5.82 Å². The lowest BCUT2D eigenvalue weighted by Crippen LogP contribution is -2.25. The molecule has 1 fully saturated rings. The van der Waals surface area contributed by atoms with Crippen molar-refractivity contribution in [1.82, 2.24) is 25.3 Å². The van der Waals surface area contributed by atoms with Crippen LogP contribution in [0.1, 0.15) is 28.8 Å². The molecule has 1 aliphatic carbocycles. The number of nitrogens with one attached hydrogen (secondary N) is 2. The van der Waals surface area contributed by atoms with Gasteiger partial charge in [0.2, 0.25) is 0 Å². The summed E-state index contributed by atoms with van der Waals surface area (Å²) in [6.07, 6.45) is 1.16. The zero-order chi connectivity index (χ0) is 24.7. The number of alkyl halides is 1. The number of fused-ring (bicyclic) bond motifs is 1. The molecule has 0 spiro atoms. The fourth-order valence-electron chi connectivity index (χ4n) is 4.10. The first-order valence-electron chi connectivity index (χ1n) is 10.9. The number of amides is 1. The van der Waals surface area contributed by atoms with Crippen molar-refractivity contribution in [2.45, 2.75) is 24.9 Å². The van der Waals surface area contributed by atoms with Crippen molar-refractivity contribution in [2.75, 3.05) is 19.5 Å². The molecule has 180 valence electrons. The monoisotopic (exact) mass is 480 g/mol. The average Bonchev–Trinajstić information content (AvgIpc) is 3.56. The number of hydrogen-bond donors (Lipinski definition) is 3. The molecule has 0 radical (unpaired) electrons. The molecule has 2 aromatic carbocycles. The smallest absolute Gasteiger partial charge is 0.290 e. The summed E-state index contributed by atoms with van der Waals surface area (Å²) in [4.78, 5) is 25.1. The van der Waals surface area contributed by atoms with Crippen LogP contribution in [-0.2, 0) is 12.1 Å². The van der Waals surface area contributed by atoms with Crippen LogP contribution in [0.25, 0.3) is 22.2 Å². The molecule has 2 heterocycles. The molecule has 1 aliphatic rings. The molecule has 0 saturated heterocycles. The molecule has 0 bridgehead atoms. The third-order valence-corrected chi connectivity index (χ3v) is 6.25. The predicted molar refractivity (Wildman–Crippen MR) is 125 cm³/mol. The molecular formula is C24H22F2N6O3. The topological polar surface area (TPSA) is 128 Å². The van der Waals surface area contributed by atoms with Crippen molar-refractivity contribution in [3.05, 3.63) is 69.8 Å². The van der Waals surface area contributed by atoms with Gasteiger partial charge in [-0.25, -0.2) is 18.6 Å². The molecule has 11 heteroatoms. The Labute approximate surface area is 197 Å². The van der Waals surface area contributed by atoms with Gasteiger partial charge in [0.1, 0.15) is 29.5 Å². The van der Waals surface area contributed by atoms with Crippen molar-refractivity contribution in [2.24, 2.45) is 0 Å². The highest BCUT2D eigenvalue weighted by atomic mass is 19.1. The number of nitrogens with zero attached hydrogens (tertiary/aromatic N) is 3. The maximum Gasteiger partial charge on any atom is 0.290 e. The Balaban J connectivity index is 1.42.